The summed E-state index contributed by atoms with van der Waals surface area (Å²) in [5, 5.41) is 5.09. The van der Waals surface area contributed by atoms with Gasteiger partial charge in [0.05, 0.1) is 0 Å². The number of amides is 2. The summed E-state index contributed by atoms with van der Waals surface area (Å²) in [6.07, 6.45) is 2.71. The lowest BCUT2D eigenvalue weighted by atomic mass is 10.2. The molecule has 1 aromatic carbocycles. The van der Waals surface area contributed by atoms with Crippen LogP contribution in [0.1, 0.15) is 33.3 Å². The van der Waals surface area contributed by atoms with Crippen LogP contribution in [0.3, 0.4) is 0 Å². The average Bonchev–Trinajstić information content (AvgIpc) is 2.37. The molecule has 114 valence electrons. The third-order valence-corrected chi connectivity index (χ3v) is 2.43. The maximum absolute atomic E-state index is 11.8. The van der Waals surface area contributed by atoms with Gasteiger partial charge in [-0.1, -0.05) is 30.3 Å². The molecule has 0 saturated carbocycles. The van der Waals surface area contributed by atoms with Crippen LogP contribution >= 0.6 is 0 Å². The molecule has 0 aliphatic heterocycles. The highest BCUT2D eigenvalue weighted by molar-refractivity contribution is 5.86. The fraction of sp³-hybridized carbons (Fsp3) is 0.375. The van der Waals surface area contributed by atoms with E-state index in [2.05, 4.69) is 10.6 Å². The molecule has 2 amide bonds. The molecule has 2 N–H and O–H groups in total. The Morgan fingerprint density at radius 3 is 2.38 bits per heavy atom. The van der Waals surface area contributed by atoms with Gasteiger partial charge < -0.3 is 15.4 Å². The minimum atomic E-state index is -0.680. The fourth-order valence-corrected chi connectivity index (χ4v) is 1.46. The largest absolute Gasteiger partial charge is 0.444 e. The molecule has 0 aromatic heterocycles. The van der Waals surface area contributed by atoms with E-state index in [4.69, 9.17) is 4.74 Å². The van der Waals surface area contributed by atoms with Crippen LogP contribution < -0.4 is 10.6 Å². The lowest BCUT2D eigenvalue weighted by molar-refractivity contribution is -0.121. The Hall–Kier alpha value is -2.30. The highest BCUT2D eigenvalue weighted by atomic mass is 16.6. The van der Waals surface area contributed by atoms with Crippen molar-refractivity contribution < 1.29 is 14.3 Å². The molecule has 5 nitrogen and oxygen atoms in total. The van der Waals surface area contributed by atoms with Crippen LogP contribution in [-0.2, 0) is 9.53 Å². The predicted molar refractivity (Wildman–Crippen MR) is 82.5 cm³/mol. The fourth-order valence-electron chi connectivity index (χ4n) is 1.46. The number of benzene rings is 1. The molecule has 0 unspecified atom stereocenters. The standard InChI is InChI=1S/C16H22N2O3/c1-12(18-15(20)21-16(2,3)4)14(19)17-11-10-13-8-6-5-7-9-13/h5-12H,1-4H3,(H,17,19)(H,18,20)/t12-/m0/s1. The van der Waals surface area contributed by atoms with Gasteiger partial charge in [0.15, 0.2) is 0 Å². The van der Waals surface area contributed by atoms with Gasteiger partial charge >= 0.3 is 6.09 Å². The van der Waals surface area contributed by atoms with Gasteiger partial charge in [0.1, 0.15) is 11.6 Å². The number of alkyl carbamates (subject to hydrolysis) is 1. The van der Waals surface area contributed by atoms with E-state index in [-0.39, 0.29) is 5.91 Å². The third-order valence-electron chi connectivity index (χ3n) is 2.43. The molecular weight excluding hydrogens is 268 g/mol. The molecular formula is C16H22N2O3. The molecule has 1 aromatic rings. The normalized spacial score (nSPS) is 12.8. The second kappa shape index (κ2) is 7.47. The van der Waals surface area contributed by atoms with Gasteiger partial charge in [-0.15, -0.1) is 0 Å². The third kappa shape index (κ3) is 7.15. The topological polar surface area (TPSA) is 67.4 Å². The second-order valence-corrected chi connectivity index (χ2v) is 5.62. The Morgan fingerprint density at radius 1 is 1.19 bits per heavy atom. The van der Waals surface area contributed by atoms with Crippen LogP contribution in [0.2, 0.25) is 0 Å². The molecule has 1 atom stereocenters. The van der Waals surface area contributed by atoms with Crippen molar-refractivity contribution in [2.75, 3.05) is 0 Å². The Balaban J connectivity index is 2.41. The highest BCUT2D eigenvalue weighted by Gasteiger charge is 2.20. The van der Waals surface area contributed by atoms with Gasteiger partial charge in [-0.25, -0.2) is 4.79 Å². The molecule has 21 heavy (non-hydrogen) atoms. The zero-order valence-corrected chi connectivity index (χ0v) is 12.8. The number of rotatable bonds is 4. The first-order valence-corrected chi connectivity index (χ1v) is 6.79. The minimum absolute atomic E-state index is 0.312. The number of hydrogen-bond acceptors (Lipinski definition) is 3. The number of nitrogens with one attached hydrogen (secondary N) is 2. The molecule has 0 fully saturated rings. The summed E-state index contributed by atoms with van der Waals surface area (Å²) in [6.45, 7) is 6.88. The average molecular weight is 290 g/mol. The van der Waals surface area contributed by atoms with Crippen LogP contribution in [0, 0.1) is 0 Å². The predicted octanol–water partition coefficient (Wildman–Crippen LogP) is 2.69. The van der Waals surface area contributed by atoms with E-state index in [1.54, 1.807) is 40.0 Å². The lowest BCUT2D eigenvalue weighted by Crippen LogP contribution is -2.45. The Morgan fingerprint density at radius 2 is 1.81 bits per heavy atom. The van der Waals surface area contributed by atoms with E-state index in [1.165, 1.54) is 0 Å². The first-order chi connectivity index (χ1) is 9.78. The molecule has 5 heteroatoms. The van der Waals surface area contributed by atoms with Gasteiger partial charge in [-0.3, -0.25) is 4.79 Å². The molecule has 0 radical (unpaired) electrons. The van der Waals surface area contributed by atoms with E-state index in [0.29, 0.717) is 0 Å². The number of hydrogen-bond donors (Lipinski definition) is 2. The molecule has 0 bridgehead atoms. The van der Waals surface area contributed by atoms with Crippen LogP contribution in [0.15, 0.2) is 36.5 Å². The van der Waals surface area contributed by atoms with E-state index in [9.17, 15) is 9.59 Å². The van der Waals surface area contributed by atoms with Gasteiger partial charge in [-0.2, -0.15) is 0 Å². The van der Waals surface area contributed by atoms with Crippen LogP contribution in [0.25, 0.3) is 6.08 Å². The van der Waals surface area contributed by atoms with E-state index < -0.39 is 17.7 Å². The Kier molecular flexibility index (Phi) is 5.96. The zero-order valence-electron chi connectivity index (χ0n) is 12.8. The maximum Gasteiger partial charge on any atom is 0.408 e. The summed E-state index contributed by atoms with van der Waals surface area (Å²) in [4.78, 5) is 23.3. The summed E-state index contributed by atoms with van der Waals surface area (Å²) < 4.78 is 5.08. The van der Waals surface area contributed by atoms with E-state index >= 15 is 0 Å². The second-order valence-electron chi connectivity index (χ2n) is 5.62. The van der Waals surface area contributed by atoms with E-state index in [0.717, 1.165) is 5.56 Å². The van der Waals surface area contributed by atoms with Crippen LogP contribution in [-0.4, -0.2) is 23.6 Å². The minimum Gasteiger partial charge on any atom is -0.444 e. The number of ether oxygens (including phenoxy) is 1. The van der Waals surface area contributed by atoms with Crippen molar-refractivity contribution in [1.82, 2.24) is 10.6 Å². The molecule has 0 spiro atoms. The molecule has 0 aliphatic carbocycles. The summed E-state index contributed by atoms with van der Waals surface area (Å²) in [6, 6.07) is 8.90. The smallest absolute Gasteiger partial charge is 0.408 e. The van der Waals surface area contributed by atoms with Crippen LogP contribution in [0.4, 0.5) is 4.79 Å². The van der Waals surface area contributed by atoms with Gasteiger partial charge in [0.25, 0.3) is 0 Å². The summed E-state index contributed by atoms with van der Waals surface area (Å²) in [5.41, 5.74) is 0.388. The van der Waals surface area contributed by atoms with Crippen molar-refractivity contribution >= 4 is 18.1 Å². The van der Waals surface area contributed by atoms with Crippen LogP contribution in [0.5, 0.6) is 0 Å². The number of carbonyl (C=O) groups excluding carboxylic acids is 2. The monoisotopic (exact) mass is 290 g/mol. The molecule has 0 aliphatic rings. The van der Waals surface area contributed by atoms with Crippen molar-refractivity contribution in [3.05, 3.63) is 42.1 Å². The van der Waals surface area contributed by atoms with E-state index in [1.807, 2.05) is 30.3 Å². The molecule has 0 saturated heterocycles. The number of carbonyl (C=O) groups is 2. The van der Waals surface area contributed by atoms with Crippen molar-refractivity contribution in [3.8, 4) is 0 Å². The summed E-state index contributed by atoms with van der Waals surface area (Å²) in [5.74, 6) is -0.312. The Bertz CT molecular complexity index is 504. The highest BCUT2D eigenvalue weighted by Crippen LogP contribution is 2.06. The summed E-state index contributed by atoms with van der Waals surface area (Å²) in [7, 11) is 0. The maximum atomic E-state index is 11.8. The first kappa shape index (κ1) is 16.8. The van der Waals surface area contributed by atoms with Crippen molar-refractivity contribution in [2.24, 2.45) is 0 Å². The van der Waals surface area contributed by atoms with Gasteiger partial charge in [0, 0.05) is 6.20 Å². The SMILES string of the molecule is C[C@H](NC(=O)OC(C)(C)C)C(=O)NC=Cc1ccccc1. The molecule has 1 rings (SSSR count). The van der Waals surface area contributed by atoms with Crippen molar-refractivity contribution in [3.63, 3.8) is 0 Å². The zero-order chi connectivity index (χ0) is 15.9. The van der Waals surface area contributed by atoms with Crippen molar-refractivity contribution in [2.45, 2.75) is 39.3 Å². The lowest BCUT2D eigenvalue weighted by Gasteiger charge is -2.21. The first-order valence-electron chi connectivity index (χ1n) is 6.79. The quantitative estimate of drug-likeness (QED) is 0.896. The van der Waals surface area contributed by atoms with Gasteiger partial charge in [-0.05, 0) is 39.3 Å². The van der Waals surface area contributed by atoms with Crippen molar-refractivity contribution in [1.29, 1.82) is 0 Å². The summed E-state index contributed by atoms with van der Waals surface area (Å²) >= 11 is 0. The molecule has 0 heterocycles. The van der Waals surface area contributed by atoms with Gasteiger partial charge in [0.2, 0.25) is 5.91 Å². The Labute approximate surface area is 125 Å².